The van der Waals surface area contributed by atoms with Crippen LogP contribution < -0.4 is 4.74 Å². The van der Waals surface area contributed by atoms with Crippen molar-refractivity contribution in [2.45, 2.75) is 6.92 Å². The smallest absolute Gasteiger partial charge is 0.230 e. The average Bonchev–Trinajstić information content (AvgIpc) is 2.60. The Morgan fingerprint density at radius 2 is 2.00 bits per heavy atom. The molecule has 0 saturated carbocycles. The van der Waals surface area contributed by atoms with E-state index in [1.807, 2.05) is 30.0 Å². The lowest BCUT2D eigenvalue weighted by Crippen LogP contribution is -2.47. The predicted octanol–water partition coefficient (Wildman–Crippen LogP) is 1.96. The topological polar surface area (TPSA) is 74.1 Å². The number of amidine groups is 1. The molecule has 3 rings (SSSR count). The maximum Gasteiger partial charge on any atom is 0.230 e. The molecule has 0 unspecified atom stereocenters. The first-order valence-corrected chi connectivity index (χ1v) is 7.89. The Morgan fingerprint density at radius 1 is 1.21 bits per heavy atom. The highest BCUT2D eigenvalue weighted by atomic mass is 16.5. The minimum atomic E-state index is 0.412. The van der Waals surface area contributed by atoms with Gasteiger partial charge in [-0.2, -0.15) is 0 Å². The summed E-state index contributed by atoms with van der Waals surface area (Å²) in [6, 6.07) is 7.37. The van der Waals surface area contributed by atoms with E-state index in [1.54, 1.807) is 18.5 Å². The van der Waals surface area contributed by atoms with Gasteiger partial charge in [0.25, 0.3) is 0 Å². The van der Waals surface area contributed by atoms with Gasteiger partial charge in [0.1, 0.15) is 5.75 Å². The fourth-order valence-corrected chi connectivity index (χ4v) is 2.61. The summed E-state index contributed by atoms with van der Waals surface area (Å²) >= 11 is 0. The quantitative estimate of drug-likeness (QED) is 0.402. The van der Waals surface area contributed by atoms with Gasteiger partial charge in [-0.1, -0.05) is 5.16 Å². The number of hydrogen-bond acceptors (Lipinski definition) is 6. The van der Waals surface area contributed by atoms with E-state index in [0.717, 1.165) is 31.9 Å². The number of pyridine rings is 2. The molecular weight excluding hydrogens is 306 g/mol. The van der Waals surface area contributed by atoms with Gasteiger partial charge >= 0.3 is 0 Å². The molecule has 0 spiro atoms. The maximum atomic E-state index is 9.59. The summed E-state index contributed by atoms with van der Waals surface area (Å²) < 4.78 is 5.88. The molecule has 7 heteroatoms. The normalized spacial score (nSPS) is 16.2. The third kappa shape index (κ3) is 3.62. The molecule has 0 bridgehead atoms. The maximum absolute atomic E-state index is 9.59. The predicted molar refractivity (Wildman–Crippen MR) is 90.7 cm³/mol. The van der Waals surface area contributed by atoms with Crippen molar-refractivity contribution in [2.24, 2.45) is 5.16 Å². The Kier molecular flexibility index (Phi) is 4.90. The number of likely N-dealkylation sites (N-methyl/N-ethyl adjacent to an activating group) is 1. The van der Waals surface area contributed by atoms with Crippen LogP contribution in [0.4, 0.5) is 0 Å². The number of piperazine rings is 1. The standard InChI is InChI=1S/C17H21N5O2/c1-13-5-6-15(16(20-23)22-10-8-21(2)9-11-22)17(19-13)24-14-4-3-7-18-12-14/h3-7,12,23H,8-11H2,1-2H3/b20-16-. The molecule has 1 saturated heterocycles. The van der Waals surface area contributed by atoms with Crippen LogP contribution in [0.2, 0.25) is 0 Å². The first kappa shape index (κ1) is 16.2. The minimum absolute atomic E-state index is 0.412. The zero-order chi connectivity index (χ0) is 16.9. The van der Waals surface area contributed by atoms with Gasteiger partial charge in [-0.15, -0.1) is 0 Å². The van der Waals surface area contributed by atoms with E-state index in [4.69, 9.17) is 4.74 Å². The molecule has 0 atom stereocenters. The van der Waals surface area contributed by atoms with E-state index in [1.165, 1.54) is 0 Å². The molecule has 3 heterocycles. The Balaban J connectivity index is 1.91. The highest BCUT2D eigenvalue weighted by Crippen LogP contribution is 2.25. The monoisotopic (exact) mass is 327 g/mol. The molecule has 7 nitrogen and oxygen atoms in total. The number of ether oxygens (including phenoxy) is 1. The highest BCUT2D eigenvalue weighted by Gasteiger charge is 2.23. The van der Waals surface area contributed by atoms with Gasteiger partial charge < -0.3 is 19.7 Å². The summed E-state index contributed by atoms with van der Waals surface area (Å²) in [5.74, 6) is 1.48. The molecule has 1 fully saturated rings. The van der Waals surface area contributed by atoms with Crippen molar-refractivity contribution in [3.05, 3.63) is 47.9 Å². The van der Waals surface area contributed by atoms with Crippen molar-refractivity contribution >= 4 is 5.84 Å². The van der Waals surface area contributed by atoms with E-state index < -0.39 is 0 Å². The molecule has 0 aliphatic carbocycles. The third-order valence-corrected chi connectivity index (χ3v) is 3.99. The van der Waals surface area contributed by atoms with Crippen molar-refractivity contribution in [1.82, 2.24) is 19.8 Å². The molecule has 2 aromatic heterocycles. The van der Waals surface area contributed by atoms with E-state index in [-0.39, 0.29) is 0 Å². The second-order valence-corrected chi connectivity index (χ2v) is 5.81. The van der Waals surface area contributed by atoms with Gasteiger partial charge in [0.2, 0.25) is 5.88 Å². The van der Waals surface area contributed by atoms with Crippen LogP contribution >= 0.6 is 0 Å². The van der Waals surface area contributed by atoms with Gasteiger partial charge in [-0.3, -0.25) is 4.98 Å². The van der Waals surface area contributed by atoms with E-state index in [0.29, 0.717) is 23.0 Å². The molecule has 24 heavy (non-hydrogen) atoms. The lowest BCUT2D eigenvalue weighted by atomic mass is 10.2. The second-order valence-electron chi connectivity index (χ2n) is 5.81. The fraction of sp³-hybridized carbons (Fsp3) is 0.353. The van der Waals surface area contributed by atoms with Crippen LogP contribution in [0.5, 0.6) is 11.6 Å². The number of nitrogens with zero attached hydrogens (tertiary/aromatic N) is 5. The summed E-state index contributed by atoms with van der Waals surface area (Å²) in [6.45, 7) is 5.30. The largest absolute Gasteiger partial charge is 0.437 e. The number of rotatable bonds is 3. The van der Waals surface area contributed by atoms with Crippen LogP contribution in [0.25, 0.3) is 0 Å². The van der Waals surface area contributed by atoms with Crippen molar-refractivity contribution in [1.29, 1.82) is 0 Å². The van der Waals surface area contributed by atoms with Crippen LogP contribution in [-0.4, -0.2) is 64.0 Å². The van der Waals surface area contributed by atoms with Gasteiger partial charge in [0, 0.05) is 38.1 Å². The molecular formula is C17H21N5O2. The molecule has 0 radical (unpaired) electrons. The summed E-state index contributed by atoms with van der Waals surface area (Å²) in [4.78, 5) is 12.8. The van der Waals surface area contributed by atoms with Gasteiger partial charge in [-0.05, 0) is 38.2 Å². The van der Waals surface area contributed by atoms with E-state index in [2.05, 4.69) is 27.1 Å². The average molecular weight is 327 g/mol. The molecule has 126 valence electrons. The summed E-state index contributed by atoms with van der Waals surface area (Å²) in [5, 5.41) is 13.1. The van der Waals surface area contributed by atoms with Crippen LogP contribution in [0.1, 0.15) is 11.3 Å². The number of oxime groups is 1. The van der Waals surface area contributed by atoms with Crippen molar-refractivity contribution in [3.8, 4) is 11.6 Å². The number of hydrogen-bond donors (Lipinski definition) is 1. The summed E-state index contributed by atoms with van der Waals surface area (Å²) in [7, 11) is 2.08. The lowest BCUT2D eigenvalue weighted by Gasteiger charge is -2.34. The summed E-state index contributed by atoms with van der Waals surface area (Å²) in [5.41, 5.74) is 1.49. The molecule has 1 N–H and O–H groups in total. The van der Waals surface area contributed by atoms with Crippen molar-refractivity contribution in [3.63, 3.8) is 0 Å². The van der Waals surface area contributed by atoms with Crippen LogP contribution in [0, 0.1) is 6.92 Å². The zero-order valence-electron chi connectivity index (χ0n) is 13.9. The highest BCUT2D eigenvalue weighted by molar-refractivity contribution is 6.00. The molecule has 1 aliphatic rings. The first-order chi connectivity index (χ1) is 11.7. The Morgan fingerprint density at radius 3 is 2.67 bits per heavy atom. The van der Waals surface area contributed by atoms with Gasteiger partial charge in [-0.25, -0.2) is 4.98 Å². The van der Waals surface area contributed by atoms with Crippen molar-refractivity contribution < 1.29 is 9.94 Å². The number of aromatic nitrogens is 2. The van der Waals surface area contributed by atoms with Gasteiger partial charge in [0.15, 0.2) is 5.84 Å². The molecule has 0 aromatic carbocycles. The lowest BCUT2D eigenvalue weighted by molar-refractivity contribution is 0.207. The van der Waals surface area contributed by atoms with Crippen LogP contribution in [-0.2, 0) is 0 Å². The van der Waals surface area contributed by atoms with Crippen LogP contribution in [0.3, 0.4) is 0 Å². The third-order valence-electron chi connectivity index (χ3n) is 3.99. The van der Waals surface area contributed by atoms with Gasteiger partial charge in [0.05, 0.1) is 11.8 Å². The Bertz CT molecular complexity index is 712. The molecule has 0 amide bonds. The first-order valence-electron chi connectivity index (χ1n) is 7.89. The number of aryl methyl sites for hydroxylation is 1. The Labute approximate surface area is 141 Å². The summed E-state index contributed by atoms with van der Waals surface area (Å²) in [6.07, 6.45) is 3.31. The van der Waals surface area contributed by atoms with Crippen LogP contribution in [0.15, 0.2) is 41.8 Å². The SMILES string of the molecule is Cc1ccc(/C(=N/O)N2CCN(C)CC2)c(Oc2cccnc2)n1. The molecule has 2 aromatic rings. The van der Waals surface area contributed by atoms with Crippen molar-refractivity contribution in [2.75, 3.05) is 33.2 Å². The van der Waals surface area contributed by atoms with E-state index in [9.17, 15) is 5.21 Å². The fourth-order valence-electron chi connectivity index (χ4n) is 2.61. The Hall–Kier alpha value is -2.67. The zero-order valence-corrected chi connectivity index (χ0v) is 13.9. The minimum Gasteiger partial charge on any atom is -0.437 e. The van der Waals surface area contributed by atoms with E-state index >= 15 is 0 Å². The second kappa shape index (κ2) is 7.27. The molecule has 1 aliphatic heterocycles.